The third-order valence-electron chi connectivity index (χ3n) is 3.38. The van der Waals surface area contributed by atoms with E-state index >= 15 is 0 Å². The molecule has 0 fully saturated rings. The molecule has 0 aromatic heterocycles. The molecular weight excluding hydrogens is 253 g/mol. The zero-order valence-corrected chi connectivity index (χ0v) is 10.8. The predicted octanol–water partition coefficient (Wildman–Crippen LogP) is 2.81. The Hall–Kier alpha value is -1.07. The van der Waals surface area contributed by atoms with E-state index in [9.17, 15) is 13.2 Å². The first-order valence-electron chi connectivity index (χ1n) is 6.65. The van der Waals surface area contributed by atoms with Gasteiger partial charge < -0.3 is 10.6 Å². The highest BCUT2D eigenvalue weighted by Gasteiger charge is 2.26. The minimum absolute atomic E-state index is 0.137. The Bertz CT molecular complexity index is 404. The number of nitrogens with one attached hydrogen (secondary N) is 2. The molecule has 0 radical (unpaired) electrons. The highest BCUT2D eigenvalue weighted by atomic mass is 19.4. The van der Waals surface area contributed by atoms with Gasteiger partial charge in [-0.2, -0.15) is 13.2 Å². The summed E-state index contributed by atoms with van der Waals surface area (Å²) in [6.07, 6.45) is -3.61. The third-order valence-corrected chi connectivity index (χ3v) is 3.38. The van der Waals surface area contributed by atoms with Gasteiger partial charge in [-0.3, -0.25) is 0 Å². The zero-order valence-electron chi connectivity index (χ0n) is 10.8. The fourth-order valence-corrected chi connectivity index (χ4v) is 2.44. The van der Waals surface area contributed by atoms with Crippen LogP contribution < -0.4 is 10.6 Å². The van der Waals surface area contributed by atoms with Crippen molar-refractivity contribution in [3.8, 4) is 0 Å². The Labute approximate surface area is 111 Å². The smallest absolute Gasteiger partial charge is 0.315 e. The molecule has 2 rings (SSSR count). The summed E-state index contributed by atoms with van der Waals surface area (Å²) in [5, 5.41) is 6.50. The summed E-state index contributed by atoms with van der Waals surface area (Å²) in [4.78, 5) is 0. The van der Waals surface area contributed by atoms with Crippen molar-refractivity contribution in [1.82, 2.24) is 10.6 Å². The van der Waals surface area contributed by atoms with Crippen molar-refractivity contribution >= 4 is 0 Å². The molecule has 0 amide bonds. The highest BCUT2D eigenvalue weighted by Crippen LogP contribution is 2.22. The molecule has 1 heterocycles. The normalized spacial score (nSPS) is 19.2. The fraction of sp³-hybridized carbons (Fsp3) is 0.571. The van der Waals surface area contributed by atoms with Crippen LogP contribution in [0.5, 0.6) is 0 Å². The van der Waals surface area contributed by atoms with Gasteiger partial charge in [0.1, 0.15) is 0 Å². The van der Waals surface area contributed by atoms with Crippen LogP contribution in [-0.2, 0) is 6.42 Å². The van der Waals surface area contributed by atoms with E-state index in [2.05, 4.69) is 22.8 Å². The first kappa shape index (κ1) is 14.3. The summed E-state index contributed by atoms with van der Waals surface area (Å²) in [7, 11) is 0. The maximum Gasteiger partial charge on any atom is 0.389 e. The first-order chi connectivity index (χ1) is 9.06. The SMILES string of the molecule is FC(F)(F)CCCNCC1NCCc2ccccc21. The van der Waals surface area contributed by atoms with Gasteiger partial charge >= 0.3 is 6.18 Å². The van der Waals surface area contributed by atoms with E-state index in [4.69, 9.17) is 0 Å². The topological polar surface area (TPSA) is 24.1 Å². The minimum Gasteiger partial charge on any atom is -0.315 e. The summed E-state index contributed by atoms with van der Waals surface area (Å²) in [5.41, 5.74) is 2.60. The number of alkyl halides is 3. The van der Waals surface area contributed by atoms with Crippen molar-refractivity contribution < 1.29 is 13.2 Å². The molecule has 0 saturated heterocycles. The molecule has 5 heteroatoms. The Morgan fingerprint density at radius 1 is 1.26 bits per heavy atom. The molecule has 1 aliphatic heterocycles. The van der Waals surface area contributed by atoms with Crippen LogP contribution in [0.15, 0.2) is 24.3 Å². The van der Waals surface area contributed by atoms with Crippen LogP contribution in [-0.4, -0.2) is 25.8 Å². The van der Waals surface area contributed by atoms with Crippen LogP contribution in [0, 0.1) is 0 Å². The number of rotatable bonds is 5. The van der Waals surface area contributed by atoms with Gasteiger partial charge in [-0.05, 0) is 37.1 Å². The van der Waals surface area contributed by atoms with Gasteiger partial charge in [-0.25, -0.2) is 0 Å². The molecule has 2 nitrogen and oxygen atoms in total. The van der Waals surface area contributed by atoms with Crippen molar-refractivity contribution in [2.45, 2.75) is 31.5 Å². The van der Waals surface area contributed by atoms with E-state index in [1.165, 1.54) is 11.1 Å². The van der Waals surface area contributed by atoms with E-state index in [1.807, 2.05) is 12.1 Å². The summed E-state index contributed by atoms with van der Waals surface area (Å²) < 4.78 is 36.0. The van der Waals surface area contributed by atoms with Crippen LogP contribution >= 0.6 is 0 Å². The van der Waals surface area contributed by atoms with Crippen LogP contribution in [0.25, 0.3) is 0 Å². The van der Waals surface area contributed by atoms with Crippen LogP contribution in [0.3, 0.4) is 0 Å². The summed E-state index contributed by atoms with van der Waals surface area (Å²) in [5.74, 6) is 0. The van der Waals surface area contributed by atoms with E-state index in [-0.39, 0.29) is 12.5 Å². The lowest BCUT2D eigenvalue weighted by Gasteiger charge is -2.27. The lowest BCUT2D eigenvalue weighted by atomic mass is 9.94. The Balaban J connectivity index is 1.75. The van der Waals surface area contributed by atoms with Gasteiger partial charge in [-0.15, -0.1) is 0 Å². The summed E-state index contributed by atoms with van der Waals surface area (Å²) in [6, 6.07) is 8.44. The quantitative estimate of drug-likeness (QED) is 0.805. The van der Waals surface area contributed by atoms with Gasteiger partial charge in [-0.1, -0.05) is 24.3 Å². The van der Waals surface area contributed by atoms with Gasteiger partial charge in [0.15, 0.2) is 0 Å². The second-order valence-electron chi connectivity index (χ2n) is 4.88. The average Bonchev–Trinajstić information content (AvgIpc) is 2.37. The van der Waals surface area contributed by atoms with Crippen molar-refractivity contribution in [2.24, 2.45) is 0 Å². The molecule has 0 saturated carbocycles. The van der Waals surface area contributed by atoms with E-state index < -0.39 is 12.6 Å². The number of hydrogen-bond donors (Lipinski definition) is 2. The second kappa shape index (κ2) is 6.39. The minimum atomic E-state index is -4.04. The zero-order chi connectivity index (χ0) is 13.7. The standard InChI is InChI=1S/C14H19F3N2/c15-14(16,17)7-3-8-18-10-13-12-5-2-1-4-11(12)6-9-19-13/h1-2,4-5,13,18-19H,3,6-10H2. The predicted molar refractivity (Wildman–Crippen MR) is 69.0 cm³/mol. The van der Waals surface area contributed by atoms with E-state index in [0.29, 0.717) is 13.1 Å². The van der Waals surface area contributed by atoms with Gasteiger partial charge in [0.05, 0.1) is 0 Å². The van der Waals surface area contributed by atoms with Crippen molar-refractivity contribution in [1.29, 1.82) is 0 Å². The Morgan fingerprint density at radius 3 is 2.84 bits per heavy atom. The molecule has 0 aliphatic carbocycles. The second-order valence-corrected chi connectivity index (χ2v) is 4.88. The third kappa shape index (κ3) is 4.51. The maximum atomic E-state index is 12.0. The summed E-state index contributed by atoms with van der Waals surface area (Å²) in [6.45, 7) is 2.00. The molecule has 2 N–H and O–H groups in total. The molecule has 0 spiro atoms. The summed E-state index contributed by atoms with van der Waals surface area (Å²) >= 11 is 0. The molecule has 0 bridgehead atoms. The molecular formula is C14H19F3N2. The lowest BCUT2D eigenvalue weighted by Crippen LogP contribution is -2.37. The van der Waals surface area contributed by atoms with Crippen molar-refractivity contribution in [3.63, 3.8) is 0 Å². The molecule has 106 valence electrons. The highest BCUT2D eigenvalue weighted by molar-refractivity contribution is 5.32. The largest absolute Gasteiger partial charge is 0.389 e. The molecule has 1 aromatic carbocycles. The van der Waals surface area contributed by atoms with Gasteiger partial charge in [0.2, 0.25) is 0 Å². The van der Waals surface area contributed by atoms with E-state index in [1.54, 1.807) is 0 Å². The Kier molecular flexibility index (Phi) is 4.82. The fourth-order valence-electron chi connectivity index (χ4n) is 2.44. The average molecular weight is 272 g/mol. The van der Waals surface area contributed by atoms with Crippen LogP contribution in [0.4, 0.5) is 13.2 Å². The van der Waals surface area contributed by atoms with Crippen molar-refractivity contribution in [3.05, 3.63) is 35.4 Å². The Morgan fingerprint density at radius 2 is 2.05 bits per heavy atom. The number of fused-ring (bicyclic) bond motifs is 1. The molecule has 1 aliphatic rings. The molecule has 1 atom stereocenters. The van der Waals surface area contributed by atoms with Crippen molar-refractivity contribution in [2.75, 3.05) is 19.6 Å². The van der Waals surface area contributed by atoms with Gasteiger partial charge in [0, 0.05) is 19.0 Å². The number of benzene rings is 1. The number of halogens is 3. The lowest BCUT2D eigenvalue weighted by molar-refractivity contribution is -0.135. The first-order valence-corrected chi connectivity index (χ1v) is 6.65. The van der Waals surface area contributed by atoms with Gasteiger partial charge in [0.25, 0.3) is 0 Å². The number of hydrogen-bond acceptors (Lipinski definition) is 2. The van der Waals surface area contributed by atoms with Crippen LogP contribution in [0.1, 0.15) is 30.0 Å². The molecule has 1 aromatic rings. The maximum absolute atomic E-state index is 12.0. The molecule has 19 heavy (non-hydrogen) atoms. The van der Waals surface area contributed by atoms with Crippen LogP contribution in [0.2, 0.25) is 0 Å². The van der Waals surface area contributed by atoms with E-state index in [0.717, 1.165) is 13.0 Å². The molecule has 1 unspecified atom stereocenters. The monoisotopic (exact) mass is 272 g/mol.